The van der Waals surface area contributed by atoms with E-state index in [0.717, 1.165) is 25.5 Å². The summed E-state index contributed by atoms with van der Waals surface area (Å²) in [6, 6.07) is 4.24. The molecule has 0 radical (unpaired) electrons. The highest BCUT2D eigenvalue weighted by atomic mass is 15.6. The van der Waals surface area contributed by atoms with Crippen molar-refractivity contribution in [1.29, 1.82) is 0 Å². The van der Waals surface area contributed by atoms with Gasteiger partial charge in [-0.05, 0) is 48.2 Å². The molecule has 1 fully saturated rings. The minimum atomic E-state index is 0.591. The number of aromatic nitrogens is 5. The zero-order chi connectivity index (χ0) is 13.1. The van der Waals surface area contributed by atoms with Crippen LogP contribution in [0.1, 0.15) is 30.1 Å². The second-order valence-electron chi connectivity index (χ2n) is 5.05. The van der Waals surface area contributed by atoms with E-state index in [4.69, 9.17) is 0 Å². The van der Waals surface area contributed by atoms with Gasteiger partial charge >= 0.3 is 0 Å². The molecule has 2 aromatic rings. The fourth-order valence-electron chi connectivity index (χ4n) is 2.69. The normalized spacial score (nSPS) is 20.6. The lowest BCUT2D eigenvalue weighted by Gasteiger charge is -2.32. The Morgan fingerprint density at radius 2 is 2.16 bits per heavy atom. The highest BCUT2D eigenvalue weighted by molar-refractivity contribution is 5.16. The maximum atomic E-state index is 4.25. The zero-order valence-electron chi connectivity index (χ0n) is 11.1. The Balaban J connectivity index is 1.65. The zero-order valence-corrected chi connectivity index (χ0v) is 11.1. The number of hydrogen-bond acceptors (Lipinski definition) is 5. The largest absolute Gasteiger partial charge is 0.295 e. The molecule has 100 valence electrons. The lowest BCUT2D eigenvalue weighted by Crippen LogP contribution is -2.34. The van der Waals surface area contributed by atoms with Crippen molar-refractivity contribution in [2.45, 2.75) is 25.3 Å². The van der Waals surface area contributed by atoms with Gasteiger partial charge < -0.3 is 0 Å². The SMILES string of the molecule is Cn1nnc(CN2CCC[C@H](c3ccncc3)C2)n1. The maximum absolute atomic E-state index is 4.25. The third-order valence-electron chi connectivity index (χ3n) is 3.60. The minimum Gasteiger partial charge on any atom is -0.295 e. The number of likely N-dealkylation sites (tertiary alicyclic amines) is 1. The molecule has 0 bridgehead atoms. The summed E-state index contributed by atoms with van der Waals surface area (Å²) in [5.41, 5.74) is 1.38. The van der Waals surface area contributed by atoms with Crippen LogP contribution in [0.4, 0.5) is 0 Å². The van der Waals surface area contributed by atoms with E-state index in [0.29, 0.717) is 5.92 Å². The van der Waals surface area contributed by atoms with Crippen LogP contribution in [0.5, 0.6) is 0 Å². The molecular weight excluding hydrogens is 240 g/mol. The fraction of sp³-hybridized carbons (Fsp3) is 0.538. The smallest absolute Gasteiger partial charge is 0.188 e. The monoisotopic (exact) mass is 258 g/mol. The molecule has 0 unspecified atom stereocenters. The summed E-state index contributed by atoms with van der Waals surface area (Å²) in [6.45, 7) is 2.96. The summed E-state index contributed by atoms with van der Waals surface area (Å²) in [5, 5.41) is 12.2. The molecule has 1 aliphatic rings. The Morgan fingerprint density at radius 3 is 2.89 bits per heavy atom. The van der Waals surface area contributed by atoms with Crippen LogP contribution in [0.15, 0.2) is 24.5 Å². The molecule has 3 heterocycles. The quantitative estimate of drug-likeness (QED) is 0.821. The van der Waals surface area contributed by atoms with Gasteiger partial charge in [-0.1, -0.05) is 0 Å². The Labute approximate surface area is 112 Å². The summed E-state index contributed by atoms with van der Waals surface area (Å²) < 4.78 is 0. The molecule has 3 rings (SSSR count). The van der Waals surface area contributed by atoms with Crippen LogP contribution >= 0.6 is 0 Å². The molecule has 0 aliphatic carbocycles. The van der Waals surface area contributed by atoms with Crippen molar-refractivity contribution in [3.05, 3.63) is 35.9 Å². The number of piperidine rings is 1. The summed E-state index contributed by atoms with van der Waals surface area (Å²) >= 11 is 0. The Hall–Kier alpha value is -1.82. The third kappa shape index (κ3) is 2.96. The van der Waals surface area contributed by atoms with Gasteiger partial charge in [-0.3, -0.25) is 9.88 Å². The van der Waals surface area contributed by atoms with E-state index >= 15 is 0 Å². The Bertz CT molecular complexity index is 523. The summed E-state index contributed by atoms with van der Waals surface area (Å²) in [5.74, 6) is 1.39. The van der Waals surface area contributed by atoms with Gasteiger partial charge in [-0.25, -0.2) is 0 Å². The highest BCUT2D eigenvalue weighted by Crippen LogP contribution is 2.26. The predicted molar refractivity (Wildman–Crippen MR) is 70.3 cm³/mol. The van der Waals surface area contributed by atoms with Crippen LogP contribution in [0.25, 0.3) is 0 Å². The van der Waals surface area contributed by atoms with E-state index in [1.807, 2.05) is 12.4 Å². The summed E-state index contributed by atoms with van der Waals surface area (Å²) in [7, 11) is 1.80. The molecule has 1 aliphatic heterocycles. The van der Waals surface area contributed by atoms with Gasteiger partial charge in [0, 0.05) is 18.9 Å². The molecule has 0 spiro atoms. The average molecular weight is 258 g/mol. The number of pyridine rings is 1. The number of aryl methyl sites for hydroxylation is 1. The Morgan fingerprint density at radius 1 is 1.32 bits per heavy atom. The summed E-state index contributed by atoms with van der Waals surface area (Å²) in [6.07, 6.45) is 6.21. The molecule has 0 aromatic carbocycles. The Kier molecular flexibility index (Phi) is 3.50. The van der Waals surface area contributed by atoms with Gasteiger partial charge in [-0.2, -0.15) is 4.80 Å². The van der Waals surface area contributed by atoms with Crippen LogP contribution in [-0.4, -0.2) is 43.2 Å². The van der Waals surface area contributed by atoms with Gasteiger partial charge in [0.25, 0.3) is 0 Å². The molecule has 6 nitrogen and oxygen atoms in total. The number of nitrogens with zero attached hydrogens (tertiary/aromatic N) is 6. The standard InChI is InChI=1S/C13H18N6/c1-18-16-13(15-17-18)10-19-8-2-3-12(9-19)11-4-6-14-7-5-11/h4-7,12H,2-3,8-10H2,1H3/t12-/m0/s1. The molecule has 6 heteroatoms. The van der Waals surface area contributed by atoms with Crippen LogP contribution in [0, 0.1) is 0 Å². The summed E-state index contributed by atoms with van der Waals surface area (Å²) in [4.78, 5) is 8.01. The first-order valence-electron chi connectivity index (χ1n) is 6.66. The topological polar surface area (TPSA) is 59.7 Å². The maximum Gasteiger partial charge on any atom is 0.188 e. The van der Waals surface area contributed by atoms with Crippen molar-refractivity contribution in [2.75, 3.05) is 13.1 Å². The first kappa shape index (κ1) is 12.2. The van der Waals surface area contributed by atoms with Gasteiger partial charge in [0.2, 0.25) is 0 Å². The lowest BCUT2D eigenvalue weighted by molar-refractivity contribution is 0.195. The van der Waals surface area contributed by atoms with Crippen molar-refractivity contribution < 1.29 is 0 Å². The molecule has 19 heavy (non-hydrogen) atoms. The van der Waals surface area contributed by atoms with Crippen LogP contribution in [-0.2, 0) is 13.6 Å². The van der Waals surface area contributed by atoms with E-state index in [9.17, 15) is 0 Å². The van der Waals surface area contributed by atoms with Crippen molar-refractivity contribution >= 4 is 0 Å². The van der Waals surface area contributed by atoms with E-state index in [1.54, 1.807) is 7.05 Å². The molecule has 0 amide bonds. The van der Waals surface area contributed by atoms with Crippen molar-refractivity contribution in [3.8, 4) is 0 Å². The number of hydrogen-bond donors (Lipinski definition) is 0. The third-order valence-corrected chi connectivity index (χ3v) is 3.60. The second-order valence-corrected chi connectivity index (χ2v) is 5.05. The minimum absolute atomic E-state index is 0.591. The second kappa shape index (κ2) is 5.44. The lowest BCUT2D eigenvalue weighted by atomic mass is 9.91. The van der Waals surface area contributed by atoms with Gasteiger partial charge in [-0.15, -0.1) is 10.2 Å². The first-order chi connectivity index (χ1) is 9.31. The number of tetrazole rings is 1. The molecule has 0 saturated carbocycles. The van der Waals surface area contributed by atoms with Crippen LogP contribution in [0.2, 0.25) is 0 Å². The fourth-order valence-corrected chi connectivity index (χ4v) is 2.69. The van der Waals surface area contributed by atoms with Crippen molar-refractivity contribution in [3.63, 3.8) is 0 Å². The molecule has 1 saturated heterocycles. The molecule has 2 aromatic heterocycles. The van der Waals surface area contributed by atoms with E-state index < -0.39 is 0 Å². The van der Waals surface area contributed by atoms with E-state index in [1.165, 1.54) is 23.2 Å². The van der Waals surface area contributed by atoms with Crippen LogP contribution < -0.4 is 0 Å². The molecular formula is C13H18N6. The van der Waals surface area contributed by atoms with Crippen molar-refractivity contribution in [1.82, 2.24) is 30.1 Å². The molecule has 0 N–H and O–H groups in total. The van der Waals surface area contributed by atoms with Crippen molar-refractivity contribution in [2.24, 2.45) is 7.05 Å². The van der Waals surface area contributed by atoms with Gasteiger partial charge in [0.05, 0.1) is 13.6 Å². The van der Waals surface area contributed by atoms with E-state index in [2.05, 4.69) is 37.4 Å². The van der Waals surface area contributed by atoms with Gasteiger partial charge in [0.15, 0.2) is 5.82 Å². The average Bonchev–Trinajstić information content (AvgIpc) is 2.85. The first-order valence-corrected chi connectivity index (χ1v) is 6.66. The van der Waals surface area contributed by atoms with Crippen LogP contribution in [0.3, 0.4) is 0 Å². The predicted octanol–water partition coefficient (Wildman–Crippen LogP) is 0.985. The highest BCUT2D eigenvalue weighted by Gasteiger charge is 2.22. The molecule has 1 atom stereocenters. The van der Waals surface area contributed by atoms with Gasteiger partial charge in [0.1, 0.15) is 0 Å². The van der Waals surface area contributed by atoms with E-state index in [-0.39, 0.29) is 0 Å². The number of rotatable bonds is 3.